The third-order valence-corrected chi connectivity index (χ3v) is 6.20. The summed E-state index contributed by atoms with van der Waals surface area (Å²) in [4.78, 5) is 14.3. The molecule has 1 aromatic carbocycles. The van der Waals surface area contributed by atoms with Crippen LogP contribution >= 0.6 is 22.6 Å². The number of likely N-dealkylation sites (tertiary alicyclic amines) is 1. The molecule has 2 unspecified atom stereocenters. The number of nitrogens with one attached hydrogen (secondary N) is 2. The number of rotatable bonds is 7. The van der Waals surface area contributed by atoms with Crippen molar-refractivity contribution in [3.8, 4) is 0 Å². The highest BCUT2D eigenvalue weighted by atomic mass is 127. The molecule has 0 aromatic heterocycles. The van der Waals surface area contributed by atoms with Crippen LogP contribution in [0.1, 0.15) is 37.0 Å². The normalized spacial score (nSPS) is 21.4. The molecule has 164 valence electrons. The van der Waals surface area contributed by atoms with Gasteiger partial charge in [-0.05, 0) is 60.6 Å². The Hall–Kier alpha value is -1.59. The summed E-state index contributed by atoms with van der Waals surface area (Å²) < 4.78 is 43.4. The van der Waals surface area contributed by atoms with Gasteiger partial charge in [0.25, 0.3) is 5.91 Å². The summed E-state index contributed by atoms with van der Waals surface area (Å²) in [7, 11) is 0. The molecule has 5 nitrogen and oxygen atoms in total. The van der Waals surface area contributed by atoms with Crippen LogP contribution in [0.4, 0.5) is 18.9 Å². The summed E-state index contributed by atoms with van der Waals surface area (Å²) in [6.07, 6.45) is 4.22. The maximum Gasteiger partial charge on any atom is 0.256 e. The zero-order valence-electron chi connectivity index (χ0n) is 16.8. The molecule has 0 radical (unpaired) electrons. The third kappa shape index (κ3) is 5.00. The van der Waals surface area contributed by atoms with E-state index in [1.165, 1.54) is 17.0 Å². The standard InChI is InChI=1S/C21H25F3IN3O2/c1-3-12(2)26-9-21(30)10-28(11-21)20(29)14-5-6-15(22)18(24)19(14)27-17-7-4-13(25)8-16(17)23/h4-6,8,12,17,26-27,30H,3,7,9-11H2,1-2H3. The minimum absolute atomic E-state index is 0.0757. The number of aliphatic hydroxyl groups is 1. The number of allylic oxidation sites excluding steroid dienone is 2. The van der Waals surface area contributed by atoms with Gasteiger partial charge in [0.15, 0.2) is 11.6 Å². The summed E-state index contributed by atoms with van der Waals surface area (Å²) in [5.41, 5.74) is -1.53. The fourth-order valence-corrected chi connectivity index (χ4v) is 3.96. The number of carbonyl (C=O) groups is 1. The quantitative estimate of drug-likeness (QED) is 0.464. The van der Waals surface area contributed by atoms with Crippen LogP contribution in [0, 0.1) is 11.6 Å². The molecule has 0 bridgehead atoms. The number of benzene rings is 1. The summed E-state index contributed by atoms with van der Waals surface area (Å²) in [5, 5.41) is 16.4. The molecule has 1 aromatic rings. The number of hydrogen-bond acceptors (Lipinski definition) is 4. The molecular formula is C21H25F3IN3O2. The van der Waals surface area contributed by atoms with Gasteiger partial charge in [0.05, 0.1) is 30.4 Å². The first-order valence-corrected chi connectivity index (χ1v) is 10.9. The van der Waals surface area contributed by atoms with Gasteiger partial charge < -0.3 is 20.6 Å². The number of anilines is 1. The number of nitrogens with zero attached hydrogens (tertiary/aromatic N) is 1. The molecule has 0 spiro atoms. The Balaban J connectivity index is 1.74. The van der Waals surface area contributed by atoms with Crippen LogP contribution in [0.5, 0.6) is 0 Å². The van der Waals surface area contributed by atoms with Crippen LogP contribution in [0.15, 0.2) is 33.7 Å². The van der Waals surface area contributed by atoms with Crippen molar-refractivity contribution in [1.29, 1.82) is 0 Å². The predicted octanol–water partition coefficient (Wildman–Crippen LogP) is 3.90. The molecule has 30 heavy (non-hydrogen) atoms. The number of amides is 1. The van der Waals surface area contributed by atoms with Gasteiger partial charge in [-0.3, -0.25) is 4.79 Å². The highest BCUT2D eigenvalue weighted by molar-refractivity contribution is 14.1. The number of hydrogen-bond donors (Lipinski definition) is 3. The van der Waals surface area contributed by atoms with Gasteiger partial charge >= 0.3 is 0 Å². The van der Waals surface area contributed by atoms with E-state index in [9.17, 15) is 23.1 Å². The molecule has 0 saturated carbocycles. The average molecular weight is 535 g/mol. The maximum atomic E-state index is 14.5. The first-order chi connectivity index (χ1) is 14.1. The van der Waals surface area contributed by atoms with E-state index in [1.54, 1.807) is 6.08 Å². The zero-order valence-corrected chi connectivity index (χ0v) is 19.0. The Kier molecular flexibility index (Phi) is 7.13. The van der Waals surface area contributed by atoms with Crippen LogP contribution < -0.4 is 10.6 Å². The second kappa shape index (κ2) is 9.27. The monoisotopic (exact) mass is 535 g/mol. The van der Waals surface area contributed by atoms with Crippen molar-refractivity contribution in [2.24, 2.45) is 0 Å². The second-order valence-electron chi connectivity index (χ2n) is 7.91. The first kappa shape index (κ1) is 23.1. The molecule has 1 amide bonds. The molecule has 3 N–H and O–H groups in total. The molecular weight excluding hydrogens is 510 g/mol. The molecule has 1 heterocycles. The second-order valence-corrected chi connectivity index (χ2v) is 9.16. The van der Waals surface area contributed by atoms with E-state index in [4.69, 9.17) is 0 Å². The van der Waals surface area contributed by atoms with Gasteiger partial charge in [0.1, 0.15) is 11.4 Å². The van der Waals surface area contributed by atoms with Gasteiger partial charge in [-0.25, -0.2) is 13.2 Å². The molecule has 9 heteroatoms. The van der Waals surface area contributed by atoms with Crippen molar-refractivity contribution in [3.63, 3.8) is 0 Å². The van der Waals surface area contributed by atoms with E-state index in [0.29, 0.717) is 10.1 Å². The SMILES string of the molecule is CCC(C)NCC1(O)CN(C(=O)c2ccc(F)c(F)c2NC2CC=C(I)C=C2F)C1. The van der Waals surface area contributed by atoms with Crippen LogP contribution in [0.3, 0.4) is 0 Å². The van der Waals surface area contributed by atoms with Crippen molar-refractivity contribution in [3.05, 3.63) is 50.9 Å². The average Bonchev–Trinajstić information content (AvgIpc) is 2.68. The maximum absolute atomic E-state index is 14.5. The van der Waals surface area contributed by atoms with Crippen LogP contribution in [0.25, 0.3) is 0 Å². The zero-order chi connectivity index (χ0) is 22.1. The van der Waals surface area contributed by atoms with Gasteiger partial charge in [-0.1, -0.05) is 13.0 Å². The molecule has 2 aliphatic rings. The Labute approximate surface area is 187 Å². The molecule has 2 atom stereocenters. The van der Waals surface area contributed by atoms with Crippen molar-refractivity contribution >= 4 is 34.2 Å². The fourth-order valence-electron chi connectivity index (χ4n) is 3.40. The highest BCUT2D eigenvalue weighted by Crippen LogP contribution is 2.32. The molecule has 1 aliphatic carbocycles. The van der Waals surface area contributed by atoms with Crippen molar-refractivity contribution in [1.82, 2.24) is 10.2 Å². The number of carbonyl (C=O) groups excluding carboxylic acids is 1. The Morgan fingerprint density at radius 1 is 1.37 bits per heavy atom. The van der Waals surface area contributed by atoms with Gasteiger partial charge in [-0.2, -0.15) is 0 Å². The van der Waals surface area contributed by atoms with Gasteiger partial charge in [0, 0.05) is 16.2 Å². The summed E-state index contributed by atoms with van der Waals surface area (Å²) in [6, 6.07) is 1.40. The lowest BCUT2D eigenvalue weighted by Crippen LogP contribution is -2.67. The lowest BCUT2D eigenvalue weighted by molar-refractivity contribution is -0.0796. The summed E-state index contributed by atoms with van der Waals surface area (Å²) >= 11 is 1.97. The molecule has 3 rings (SSSR count). The highest BCUT2D eigenvalue weighted by Gasteiger charge is 2.44. The molecule has 1 saturated heterocycles. The van der Waals surface area contributed by atoms with Gasteiger partial charge in [-0.15, -0.1) is 0 Å². The minimum atomic E-state index is -1.23. The van der Waals surface area contributed by atoms with Gasteiger partial charge in [0.2, 0.25) is 0 Å². The molecule has 1 fully saturated rings. The summed E-state index contributed by atoms with van der Waals surface area (Å²) in [6.45, 7) is 4.51. The predicted molar refractivity (Wildman–Crippen MR) is 118 cm³/mol. The molecule has 1 aliphatic heterocycles. The Morgan fingerprint density at radius 2 is 2.07 bits per heavy atom. The van der Waals surface area contributed by atoms with Crippen molar-refractivity contribution in [2.75, 3.05) is 25.0 Å². The Bertz CT molecular complexity index is 884. The fraction of sp³-hybridized carbons (Fsp3) is 0.476. The van der Waals surface area contributed by atoms with Crippen molar-refractivity contribution in [2.45, 2.75) is 44.4 Å². The van der Waals surface area contributed by atoms with Crippen LogP contribution in [-0.2, 0) is 0 Å². The Morgan fingerprint density at radius 3 is 2.70 bits per heavy atom. The largest absolute Gasteiger partial charge is 0.385 e. The smallest absolute Gasteiger partial charge is 0.256 e. The van der Waals surface area contributed by atoms with E-state index in [0.717, 1.165) is 12.5 Å². The number of halogens is 4. The van der Waals surface area contributed by atoms with E-state index in [2.05, 4.69) is 10.6 Å². The topological polar surface area (TPSA) is 64.6 Å². The van der Waals surface area contributed by atoms with Crippen molar-refractivity contribution < 1.29 is 23.1 Å². The van der Waals surface area contributed by atoms with E-state index >= 15 is 0 Å². The van der Waals surface area contributed by atoms with Crippen LogP contribution in [0.2, 0.25) is 0 Å². The third-order valence-electron chi connectivity index (χ3n) is 5.45. The lowest BCUT2D eigenvalue weighted by Gasteiger charge is -2.47. The minimum Gasteiger partial charge on any atom is -0.385 e. The van der Waals surface area contributed by atoms with E-state index < -0.39 is 35.0 Å². The van der Waals surface area contributed by atoms with E-state index in [-0.39, 0.29) is 36.8 Å². The number of β-amino-alcohol motifs (C(OH)–C–C–N with tert-alkyl or cyclic N) is 1. The van der Waals surface area contributed by atoms with Crippen LogP contribution in [-0.4, -0.2) is 53.2 Å². The summed E-state index contributed by atoms with van der Waals surface area (Å²) in [5.74, 6) is -3.42. The van der Waals surface area contributed by atoms with E-state index in [1.807, 2.05) is 36.4 Å². The lowest BCUT2D eigenvalue weighted by atomic mass is 9.92. The first-order valence-electron chi connectivity index (χ1n) is 9.86.